The maximum Gasteiger partial charge on any atom is 0.191 e. The first-order chi connectivity index (χ1) is 9.78. The van der Waals surface area contributed by atoms with Crippen LogP contribution in [-0.4, -0.2) is 28.0 Å². The van der Waals surface area contributed by atoms with Crippen molar-refractivity contribution >= 4 is 5.78 Å². The fourth-order valence-corrected chi connectivity index (χ4v) is 2.24. The van der Waals surface area contributed by atoms with E-state index in [0.29, 0.717) is 11.5 Å². The van der Waals surface area contributed by atoms with Crippen LogP contribution >= 0.6 is 0 Å². The van der Waals surface area contributed by atoms with Gasteiger partial charge in [0.2, 0.25) is 0 Å². The van der Waals surface area contributed by atoms with Crippen LogP contribution in [0.2, 0.25) is 0 Å². The Bertz CT molecular complexity index is 621. The minimum Gasteiger partial charge on any atom is -0.485 e. The molecule has 0 saturated carbocycles. The number of carbonyl (C=O) groups excluding carboxylic acids is 1. The van der Waals surface area contributed by atoms with Gasteiger partial charge in [-0.25, -0.2) is 4.98 Å². The number of hydrogen-bond donors (Lipinski definition) is 0. The van der Waals surface area contributed by atoms with Gasteiger partial charge in [0.25, 0.3) is 0 Å². The van der Waals surface area contributed by atoms with Gasteiger partial charge in [-0.2, -0.15) is 0 Å². The average Bonchev–Trinajstić information content (AvgIpc) is 2.94. The highest BCUT2D eigenvalue weighted by atomic mass is 16.6. The Balaban J connectivity index is 1.70. The van der Waals surface area contributed by atoms with Crippen LogP contribution in [0, 0.1) is 0 Å². The van der Waals surface area contributed by atoms with Crippen LogP contribution in [0.1, 0.15) is 12.7 Å². The molecule has 20 heavy (non-hydrogen) atoms. The van der Waals surface area contributed by atoms with Crippen LogP contribution in [0.4, 0.5) is 0 Å². The predicted octanol–water partition coefficient (Wildman–Crippen LogP) is 1.85. The molecule has 5 nitrogen and oxygen atoms in total. The second kappa shape index (κ2) is 5.36. The number of imidazole rings is 1. The van der Waals surface area contributed by atoms with Crippen molar-refractivity contribution in [2.24, 2.45) is 0 Å². The summed E-state index contributed by atoms with van der Waals surface area (Å²) in [6.07, 6.45) is 3.28. The quantitative estimate of drug-likeness (QED) is 0.852. The van der Waals surface area contributed by atoms with Crippen molar-refractivity contribution in [1.82, 2.24) is 9.55 Å². The average molecular weight is 272 g/mol. The molecule has 0 aliphatic carbocycles. The number of nitrogens with zero attached hydrogens (tertiary/aromatic N) is 2. The zero-order chi connectivity index (χ0) is 13.9. The summed E-state index contributed by atoms with van der Waals surface area (Å²) < 4.78 is 13.2. The van der Waals surface area contributed by atoms with Crippen molar-refractivity contribution < 1.29 is 14.3 Å². The van der Waals surface area contributed by atoms with Gasteiger partial charge >= 0.3 is 0 Å². The van der Waals surface area contributed by atoms with Gasteiger partial charge in [0.05, 0.1) is 6.42 Å². The number of carbonyl (C=O) groups is 1. The summed E-state index contributed by atoms with van der Waals surface area (Å²) >= 11 is 0. The maximum absolute atomic E-state index is 12.3. The number of fused-ring (bicyclic) bond motifs is 1. The standard InChI is InChI=1S/C15H16N2O3/c1-2-17-8-7-16-15(17)9-11(18)14-10-19-12-5-3-4-6-13(12)20-14/h3-8,14H,2,9-10H2,1H3. The summed E-state index contributed by atoms with van der Waals surface area (Å²) in [5, 5.41) is 0. The van der Waals surface area contributed by atoms with Crippen LogP contribution in [-0.2, 0) is 17.8 Å². The Hall–Kier alpha value is -2.30. The Morgan fingerprint density at radius 2 is 2.20 bits per heavy atom. The van der Waals surface area contributed by atoms with Gasteiger partial charge in [-0.15, -0.1) is 0 Å². The first-order valence-electron chi connectivity index (χ1n) is 6.69. The van der Waals surface area contributed by atoms with E-state index in [1.165, 1.54) is 0 Å². The molecule has 1 aliphatic rings. The van der Waals surface area contributed by atoms with Crippen LogP contribution in [0.25, 0.3) is 0 Å². The highest BCUT2D eigenvalue weighted by Gasteiger charge is 2.27. The van der Waals surface area contributed by atoms with Crippen LogP contribution in [0.5, 0.6) is 11.5 Å². The van der Waals surface area contributed by atoms with Crippen molar-refractivity contribution in [2.45, 2.75) is 26.0 Å². The third kappa shape index (κ3) is 2.39. The van der Waals surface area contributed by atoms with Crippen molar-refractivity contribution in [3.63, 3.8) is 0 Å². The smallest absolute Gasteiger partial charge is 0.191 e. The first-order valence-corrected chi connectivity index (χ1v) is 6.69. The molecule has 2 heterocycles. The second-order valence-electron chi connectivity index (χ2n) is 4.64. The van der Waals surface area contributed by atoms with Gasteiger partial charge in [-0.05, 0) is 19.1 Å². The van der Waals surface area contributed by atoms with Crippen LogP contribution in [0.15, 0.2) is 36.7 Å². The summed E-state index contributed by atoms with van der Waals surface area (Å²) in [6, 6.07) is 7.38. The zero-order valence-electron chi connectivity index (χ0n) is 11.3. The van der Waals surface area contributed by atoms with Crippen LogP contribution in [0.3, 0.4) is 0 Å². The highest BCUT2D eigenvalue weighted by Crippen LogP contribution is 2.31. The molecule has 3 rings (SSSR count). The monoisotopic (exact) mass is 272 g/mol. The summed E-state index contributed by atoms with van der Waals surface area (Å²) in [4.78, 5) is 16.5. The lowest BCUT2D eigenvalue weighted by Gasteiger charge is -2.25. The number of ether oxygens (including phenoxy) is 2. The van der Waals surface area contributed by atoms with E-state index in [1.807, 2.05) is 42.0 Å². The molecule has 2 aromatic rings. The summed E-state index contributed by atoms with van der Waals surface area (Å²) in [5.41, 5.74) is 0. The van der Waals surface area contributed by atoms with Gasteiger partial charge in [0.15, 0.2) is 23.4 Å². The summed E-state index contributed by atoms with van der Waals surface area (Å²) in [7, 11) is 0. The molecule has 1 aliphatic heterocycles. The molecule has 1 aromatic heterocycles. The SMILES string of the molecule is CCn1ccnc1CC(=O)C1COc2ccccc2O1. The fourth-order valence-electron chi connectivity index (χ4n) is 2.24. The fraction of sp³-hybridized carbons (Fsp3) is 0.333. The van der Waals surface area contributed by atoms with E-state index in [2.05, 4.69) is 4.98 Å². The molecule has 0 amide bonds. The molecule has 0 saturated heterocycles. The number of aryl methyl sites for hydroxylation is 1. The molecule has 1 aromatic carbocycles. The van der Waals surface area contributed by atoms with E-state index in [-0.39, 0.29) is 18.8 Å². The molecule has 1 atom stereocenters. The van der Waals surface area contributed by atoms with Gasteiger partial charge in [-0.1, -0.05) is 12.1 Å². The minimum absolute atomic E-state index is 0.0135. The predicted molar refractivity (Wildman–Crippen MR) is 73.0 cm³/mol. The molecule has 1 unspecified atom stereocenters. The molecule has 0 N–H and O–H groups in total. The first kappa shape index (κ1) is 12.7. The third-order valence-electron chi connectivity index (χ3n) is 3.34. The van der Waals surface area contributed by atoms with Gasteiger partial charge in [0.1, 0.15) is 12.4 Å². The van der Waals surface area contributed by atoms with Crippen molar-refractivity contribution in [3.05, 3.63) is 42.5 Å². The van der Waals surface area contributed by atoms with E-state index < -0.39 is 6.10 Å². The van der Waals surface area contributed by atoms with Crippen molar-refractivity contribution in [2.75, 3.05) is 6.61 Å². The Labute approximate surface area is 117 Å². The lowest BCUT2D eigenvalue weighted by molar-refractivity contribution is -0.127. The van der Waals surface area contributed by atoms with E-state index in [4.69, 9.17) is 9.47 Å². The lowest BCUT2D eigenvalue weighted by atomic mass is 10.1. The molecule has 104 valence electrons. The van der Waals surface area contributed by atoms with E-state index in [1.54, 1.807) is 6.20 Å². The lowest BCUT2D eigenvalue weighted by Crippen LogP contribution is -2.37. The number of ketones is 1. The maximum atomic E-state index is 12.3. The largest absolute Gasteiger partial charge is 0.485 e. The van der Waals surface area contributed by atoms with E-state index in [9.17, 15) is 4.79 Å². The minimum atomic E-state index is -0.563. The number of Topliss-reactive ketones (excluding diaryl/α,β-unsaturated/α-hetero) is 1. The van der Waals surface area contributed by atoms with E-state index in [0.717, 1.165) is 12.4 Å². The van der Waals surface area contributed by atoms with Gasteiger partial charge in [0, 0.05) is 18.9 Å². The molecule has 0 spiro atoms. The van der Waals surface area contributed by atoms with Crippen LogP contribution < -0.4 is 9.47 Å². The Morgan fingerprint density at radius 3 is 3.00 bits per heavy atom. The van der Waals surface area contributed by atoms with Gasteiger partial charge in [-0.3, -0.25) is 4.79 Å². The Morgan fingerprint density at radius 1 is 1.40 bits per heavy atom. The third-order valence-corrected chi connectivity index (χ3v) is 3.34. The molecular formula is C15H16N2O3. The number of rotatable bonds is 4. The number of benzene rings is 1. The normalized spacial score (nSPS) is 16.9. The molecule has 0 bridgehead atoms. The van der Waals surface area contributed by atoms with Crippen molar-refractivity contribution in [1.29, 1.82) is 0 Å². The van der Waals surface area contributed by atoms with Gasteiger partial charge < -0.3 is 14.0 Å². The number of aromatic nitrogens is 2. The molecular weight excluding hydrogens is 256 g/mol. The Kier molecular flexibility index (Phi) is 3.41. The zero-order valence-corrected chi connectivity index (χ0v) is 11.3. The molecule has 0 fully saturated rings. The van der Waals surface area contributed by atoms with Crippen molar-refractivity contribution in [3.8, 4) is 11.5 Å². The number of para-hydroxylation sites is 2. The second-order valence-corrected chi connectivity index (χ2v) is 4.64. The molecule has 0 radical (unpaired) electrons. The molecule has 5 heteroatoms. The number of hydrogen-bond acceptors (Lipinski definition) is 4. The summed E-state index contributed by atoms with van der Waals surface area (Å²) in [5.74, 6) is 2.06. The van der Waals surface area contributed by atoms with E-state index >= 15 is 0 Å². The summed E-state index contributed by atoms with van der Waals surface area (Å²) in [6.45, 7) is 3.07. The topological polar surface area (TPSA) is 53.4 Å². The highest BCUT2D eigenvalue weighted by molar-refractivity contribution is 5.85.